The van der Waals surface area contributed by atoms with Gasteiger partial charge >= 0.3 is 6.03 Å². The molecule has 3 rings (SSSR count). The number of methoxy groups -OCH3 is 2. The van der Waals surface area contributed by atoms with E-state index in [1.807, 2.05) is 23.1 Å². The van der Waals surface area contributed by atoms with Gasteiger partial charge in [-0.05, 0) is 25.3 Å². The van der Waals surface area contributed by atoms with Crippen molar-refractivity contribution in [2.75, 3.05) is 40.4 Å². The van der Waals surface area contributed by atoms with Crippen LogP contribution in [0.1, 0.15) is 24.8 Å². The fraction of sp³-hybridized carbons (Fsp3) is 0.524. The van der Waals surface area contributed by atoms with Crippen molar-refractivity contribution in [2.45, 2.75) is 25.8 Å². The maximum Gasteiger partial charge on any atom is 0.317 e. The lowest BCUT2D eigenvalue weighted by Gasteiger charge is -2.39. The molecule has 2 heterocycles. The Morgan fingerprint density at radius 3 is 2.82 bits per heavy atom. The monoisotopic (exact) mass is 387 g/mol. The van der Waals surface area contributed by atoms with Crippen LogP contribution in [0.25, 0.3) is 0 Å². The fourth-order valence-electron chi connectivity index (χ4n) is 4.28. The van der Waals surface area contributed by atoms with Crippen LogP contribution in [0, 0.1) is 5.41 Å². The van der Waals surface area contributed by atoms with Crippen LogP contribution in [0.15, 0.2) is 30.9 Å². The Kier molecular flexibility index (Phi) is 6.11. The Bertz CT molecular complexity index is 751. The maximum absolute atomic E-state index is 13.4. The smallest absolute Gasteiger partial charge is 0.317 e. The molecule has 2 fully saturated rings. The zero-order valence-corrected chi connectivity index (χ0v) is 16.7. The average Bonchev–Trinajstić information content (AvgIpc) is 3.14. The third kappa shape index (κ3) is 3.79. The number of urea groups is 1. The van der Waals surface area contributed by atoms with E-state index in [1.54, 1.807) is 25.2 Å². The summed E-state index contributed by atoms with van der Waals surface area (Å²) in [5, 5.41) is 2.80. The number of piperidine rings is 1. The van der Waals surface area contributed by atoms with Gasteiger partial charge in [-0.15, -0.1) is 6.58 Å². The van der Waals surface area contributed by atoms with Gasteiger partial charge in [0.2, 0.25) is 5.91 Å². The molecule has 2 aliphatic heterocycles. The molecule has 7 nitrogen and oxygen atoms in total. The van der Waals surface area contributed by atoms with Crippen LogP contribution in [-0.2, 0) is 11.3 Å². The van der Waals surface area contributed by atoms with Crippen molar-refractivity contribution in [2.24, 2.45) is 5.41 Å². The zero-order valence-electron chi connectivity index (χ0n) is 16.7. The molecular formula is C21H29N3O4. The maximum atomic E-state index is 13.4. The molecule has 152 valence electrons. The van der Waals surface area contributed by atoms with E-state index in [0.717, 1.165) is 18.4 Å². The molecule has 0 radical (unpaired) electrons. The first kappa shape index (κ1) is 20.0. The number of ether oxygens (including phenoxy) is 2. The van der Waals surface area contributed by atoms with Crippen LogP contribution >= 0.6 is 0 Å². The number of nitrogens with zero attached hydrogens (tertiary/aromatic N) is 2. The van der Waals surface area contributed by atoms with Gasteiger partial charge in [-0.2, -0.15) is 0 Å². The number of benzene rings is 1. The lowest BCUT2D eigenvalue weighted by molar-refractivity contribution is -0.146. The second-order valence-electron chi connectivity index (χ2n) is 7.41. The quantitative estimate of drug-likeness (QED) is 0.761. The predicted molar refractivity (Wildman–Crippen MR) is 106 cm³/mol. The van der Waals surface area contributed by atoms with Crippen LogP contribution in [-0.4, -0.2) is 62.1 Å². The fourth-order valence-corrected chi connectivity index (χ4v) is 4.28. The standard InChI is InChI=1S/C21H29N3O4/c1-4-11-22-20(26)24-13-10-21(15-24)9-6-12-23(19(21)25)14-16-7-5-8-17(27-2)18(16)28-3/h4-5,7-8H,1,6,9-15H2,2-3H3,(H,22,26)/t21-/m0/s1. The van der Waals surface area contributed by atoms with Crippen molar-refractivity contribution in [3.05, 3.63) is 36.4 Å². The summed E-state index contributed by atoms with van der Waals surface area (Å²) in [7, 11) is 3.21. The molecule has 28 heavy (non-hydrogen) atoms. The van der Waals surface area contributed by atoms with Crippen molar-refractivity contribution in [3.8, 4) is 11.5 Å². The summed E-state index contributed by atoms with van der Waals surface area (Å²) >= 11 is 0. The Morgan fingerprint density at radius 1 is 1.29 bits per heavy atom. The molecule has 1 atom stereocenters. The highest BCUT2D eigenvalue weighted by Crippen LogP contribution is 2.41. The number of carbonyl (C=O) groups excluding carboxylic acids is 2. The Morgan fingerprint density at radius 2 is 2.11 bits per heavy atom. The number of carbonyl (C=O) groups is 2. The molecule has 0 bridgehead atoms. The molecule has 1 aromatic carbocycles. The van der Waals surface area contributed by atoms with Crippen LogP contribution in [0.5, 0.6) is 11.5 Å². The second kappa shape index (κ2) is 8.54. The number of likely N-dealkylation sites (tertiary alicyclic amines) is 2. The number of rotatable bonds is 6. The van der Waals surface area contributed by atoms with Gasteiger partial charge in [0.1, 0.15) is 0 Å². The zero-order chi connectivity index (χ0) is 20.1. The highest BCUT2D eigenvalue weighted by Gasteiger charge is 2.49. The van der Waals surface area contributed by atoms with Gasteiger partial charge in [-0.1, -0.05) is 18.2 Å². The van der Waals surface area contributed by atoms with Gasteiger partial charge in [-0.25, -0.2) is 4.79 Å². The SMILES string of the molecule is C=CCNC(=O)N1CC[C@@]2(CCCN(Cc3cccc(OC)c3OC)C2=O)C1. The molecule has 0 saturated carbocycles. The first-order valence-electron chi connectivity index (χ1n) is 9.67. The summed E-state index contributed by atoms with van der Waals surface area (Å²) in [5.74, 6) is 1.45. The van der Waals surface area contributed by atoms with E-state index in [4.69, 9.17) is 9.47 Å². The Hall–Kier alpha value is -2.70. The van der Waals surface area contributed by atoms with E-state index in [0.29, 0.717) is 50.6 Å². The molecule has 7 heteroatoms. The van der Waals surface area contributed by atoms with Crippen molar-refractivity contribution < 1.29 is 19.1 Å². The van der Waals surface area contributed by atoms with Crippen LogP contribution in [0.2, 0.25) is 0 Å². The number of nitrogens with one attached hydrogen (secondary N) is 1. The minimum Gasteiger partial charge on any atom is -0.493 e. The summed E-state index contributed by atoms with van der Waals surface area (Å²) in [6.07, 6.45) is 4.11. The third-order valence-electron chi connectivity index (χ3n) is 5.71. The lowest BCUT2D eigenvalue weighted by atomic mass is 9.78. The topological polar surface area (TPSA) is 71.1 Å². The molecule has 1 N–H and O–H groups in total. The summed E-state index contributed by atoms with van der Waals surface area (Å²) in [4.78, 5) is 29.3. The Labute approximate surface area is 166 Å². The summed E-state index contributed by atoms with van der Waals surface area (Å²) in [6, 6.07) is 5.58. The second-order valence-corrected chi connectivity index (χ2v) is 7.41. The predicted octanol–water partition coefficient (Wildman–Crippen LogP) is 2.41. The largest absolute Gasteiger partial charge is 0.493 e. The highest BCUT2D eigenvalue weighted by molar-refractivity contribution is 5.86. The van der Waals surface area contributed by atoms with Gasteiger partial charge in [0.25, 0.3) is 0 Å². The molecule has 1 spiro atoms. The van der Waals surface area contributed by atoms with Gasteiger partial charge < -0.3 is 24.6 Å². The van der Waals surface area contributed by atoms with E-state index in [9.17, 15) is 9.59 Å². The molecule has 0 unspecified atom stereocenters. The highest BCUT2D eigenvalue weighted by atomic mass is 16.5. The van der Waals surface area contributed by atoms with Crippen molar-refractivity contribution in [3.63, 3.8) is 0 Å². The Balaban J connectivity index is 1.73. The molecule has 3 amide bonds. The normalized spacial score (nSPS) is 21.7. The van der Waals surface area contributed by atoms with Crippen molar-refractivity contribution in [1.29, 1.82) is 0 Å². The molecule has 0 aromatic heterocycles. The van der Waals surface area contributed by atoms with E-state index < -0.39 is 5.41 Å². The summed E-state index contributed by atoms with van der Waals surface area (Å²) < 4.78 is 10.9. The van der Waals surface area contributed by atoms with E-state index in [1.165, 1.54) is 0 Å². The molecule has 1 aromatic rings. The van der Waals surface area contributed by atoms with Crippen molar-refractivity contribution >= 4 is 11.9 Å². The molecular weight excluding hydrogens is 358 g/mol. The third-order valence-corrected chi connectivity index (χ3v) is 5.71. The lowest BCUT2D eigenvalue weighted by Crippen LogP contribution is -2.50. The van der Waals surface area contributed by atoms with E-state index in [2.05, 4.69) is 11.9 Å². The summed E-state index contributed by atoms with van der Waals surface area (Å²) in [6.45, 7) is 6.31. The van der Waals surface area contributed by atoms with Crippen molar-refractivity contribution in [1.82, 2.24) is 15.1 Å². The first-order valence-corrected chi connectivity index (χ1v) is 9.67. The van der Waals surface area contributed by atoms with Crippen LogP contribution in [0.3, 0.4) is 0 Å². The van der Waals surface area contributed by atoms with E-state index >= 15 is 0 Å². The minimum absolute atomic E-state index is 0.127. The molecule has 0 aliphatic carbocycles. The van der Waals surface area contributed by atoms with Gasteiger partial charge in [0, 0.05) is 38.3 Å². The van der Waals surface area contributed by atoms with Gasteiger partial charge in [0.05, 0.1) is 19.6 Å². The van der Waals surface area contributed by atoms with Crippen LogP contribution < -0.4 is 14.8 Å². The molecule has 2 aliphatic rings. The molecule has 2 saturated heterocycles. The number of hydrogen-bond acceptors (Lipinski definition) is 4. The number of para-hydroxylation sites is 1. The van der Waals surface area contributed by atoms with Gasteiger partial charge in [0.15, 0.2) is 11.5 Å². The first-order chi connectivity index (χ1) is 13.5. The summed E-state index contributed by atoms with van der Waals surface area (Å²) in [5.41, 5.74) is 0.446. The number of amides is 3. The van der Waals surface area contributed by atoms with E-state index in [-0.39, 0.29) is 11.9 Å². The average molecular weight is 387 g/mol. The number of hydrogen-bond donors (Lipinski definition) is 1. The van der Waals surface area contributed by atoms with Gasteiger partial charge in [-0.3, -0.25) is 4.79 Å². The van der Waals surface area contributed by atoms with Crippen LogP contribution in [0.4, 0.5) is 4.79 Å². The minimum atomic E-state index is -0.476.